The normalized spacial score (nSPS) is 10.3. The average molecular weight is 408 g/mol. The van der Waals surface area contributed by atoms with Gasteiger partial charge in [-0.1, -0.05) is 25.1 Å². The summed E-state index contributed by atoms with van der Waals surface area (Å²) in [6.07, 6.45) is 0.735. The first kappa shape index (κ1) is 21.0. The third-order valence-electron chi connectivity index (χ3n) is 3.34. The number of benzene rings is 1. The van der Waals surface area contributed by atoms with Crippen LogP contribution in [-0.4, -0.2) is 36.8 Å². The second kappa shape index (κ2) is 10.7. The maximum Gasteiger partial charge on any atom is 0.341 e. The Kier molecular flexibility index (Phi) is 8.35. The van der Waals surface area contributed by atoms with Crippen molar-refractivity contribution in [2.45, 2.75) is 25.2 Å². The molecule has 0 saturated carbocycles. The molecule has 2 rings (SSSR count). The molecule has 0 aliphatic carbocycles. The first-order valence-electron chi connectivity index (χ1n) is 8.46. The molecule has 0 radical (unpaired) electrons. The van der Waals surface area contributed by atoms with Crippen molar-refractivity contribution >= 4 is 45.9 Å². The minimum absolute atomic E-state index is 0.115. The van der Waals surface area contributed by atoms with Crippen LogP contribution in [0, 0.1) is 0 Å². The van der Waals surface area contributed by atoms with E-state index in [4.69, 9.17) is 9.47 Å². The molecule has 1 amide bonds. The van der Waals surface area contributed by atoms with Crippen LogP contribution in [0.25, 0.3) is 0 Å². The summed E-state index contributed by atoms with van der Waals surface area (Å²) in [5.74, 6) is -1.35. The molecular formula is C19H21NO5S2. The van der Waals surface area contributed by atoms with Crippen molar-refractivity contribution in [2.24, 2.45) is 0 Å². The summed E-state index contributed by atoms with van der Waals surface area (Å²) in [6, 6.07) is 11.2. The smallest absolute Gasteiger partial charge is 0.341 e. The van der Waals surface area contributed by atoms with E-state index in [2.05, 4.69) is 5.32 Å². The number of anilines is 1. The van der Waals surface area contributed by atoms with E-state index in [0.717, 1.165) is 16.2 Å². The summed E-state index contributed by atoms with van der Waals surface area (Å²) in [5.41, 5.74) is 0.318. The molecule has 1 heterocycles. The Morgan fingerprint density at radius 3 is 2.52 bits per heavy atom. The van der Waals surface area contributed by atoms with Gasteiger partial charge < -0.3 is 14.8 Å². The highest BCUT2D eigenvalue weighted by Crippen LogP contribution is 2.29. The van der Waals surface area contributed by atoms with E-state index < -0.39 is 24.5 Å². The number of hydrogen-bond donors (Lipinski definition) is 1. The Hall–Kier alpha value is -2.32. The fraction of sp³-hybridized carbons (Fsp3) is 0.316. The molecule has 8 heteroatoms. The van der Waals surface area contributed by atoms with E-state index in [1.54, 1.807) is 13.0 Å². The molecule has 0 aliphatic rings. The SMILES string of the molecule is CCOC(=O)c1cc(CC)sc1NC(=O)COC(=O)CSc1ccccc1. The van der Waals surface area contributed by atoms with Crippen LogP contribution in [0.2, 0.25) is 0 Å². The lowest BCUT2D eigenvalue weighted by molar-refractivity contribution is -0.144. The lowest BCUT2D eigenvalue weighted by Gasteiger charge is -2.07. The highest BCUT2D eigenvalue weighted by atomic mass is 32.2. The summed E-state index contributed by atoms with van der Waals surface area (Å²) in [6.45, 7) is 3.52. The number of nitrogens with one attached hydrogen (secondary N) is 1. The number of aryl methyl sites for hydroxylation is 1. The molecule has 1 N–H and O–H groups in total. The molecule has 27 heavy (non-hydrogen) atoms. The number of hydrogen-bond acceptors (Lipinski definition) is 7. The first-order valence-corrected chi connectivity index (χ1v) is 10.3. The number of carbonyl (C=O) groups is 3. The maximum absolute atomic E-state index is 12.1. The molecule has 2 aromatic rings. The van der Waals surface area contributed by atoms with E-state index in [9.17, 15) is 14.4 Å². The number of esters is 2. The number of ether oxygens (including phenoxy) is 2. The Morgan fingerprint density at radius 2 is 1.85 bits per heavy atom. The molecular weight excluding hydrogens is 386 g/mol. The largest absolute Gasteiger partial charge is 0.462 e. The topological polar surface area (TPSA) is 81.7 Å². The van der Waals surface area contributed by atoms with E-state index in [1.807, 2.05) is 37.3 Å². The standard InChI is InChI=1S/C19H21NO5S2/c1-3-13-10-15(19(23)24-4-2)18(27-13)20-16(21)11-25-17(22)12-26-14-8-6-5-7-9-14/h5-10H,3-4,11-12H2,1-2H3,(H,20,21). The summed E-state index contributed by atoms with van der Waals surface area (Å²) in [5, 5.41) is 3.04. The van der Waals surface area contributed by atoms with Crippen LogP contribution in [0.3, 0.4) is 0 Å². The molecule has 0 bridgehead atoms. The molecule has 0 saturated heterocycles. The van der Waals surface area contributed by atoms with E-state index in [1.165, 1.54) is 23.1 Å². The van der Waals surface area contributed by atoms with Crippen molar-refractivity contribution < 1.29 is 23.9 Å². The Balaban J connectivity index is 1.85. The van der Waals surface area contributed by atoms with E-state index >= 15 is 0 Å². The van der Waals surface area contributed by atoms with Gasteiger partial charge in [-0.3, -0.25) is 9.59 Å². The lowest BCUT2D eigenvalue weighted by Crippen LogP contribution is -2.22. The van der Waals surface area contributed by atoms with Crippen molar-refractivity contribution in [3.05, 3.63) is 46.8 Å². The van der Waals surface area contributed by atoms with E-state index in [0.29, 0.717) is 10.6 Å². The van der Waals surface area contributed by atoms with Gasteiger partial charge in [0.05, 0.1) is 17.9 Å². The van der Waals surface area contributed by atoms with Gasteiger partial charge >= 0.3 is 11.9 Å². The molecule has 1 aromatic carbocycles. The number of amides is 1. The molecule has 0 aliphatic heterocycles. The molecule has 1 aromatic heterocycles. The zero-order chi connectivity index (χ0) is 19.6. The van der Waals surface area contributed by atoms with Crippen LogP contribution < -0.4 is 5.32 Å². The van der Waals surface area contributed by atoms with Gasteiger partial charge in [0, 0.05) is 9.77 Å². The van der Waals surface area contributed by atoms with Gasteiger partial charge in [0.2, 0.25) is 0 Å². The maximum atomic E-state index is 12.1. The molecule has 0 unspecified atom stereocenters. The summed E-state index contributed by atoms with van der Waals surface area (Å²) in [7, 11) is 0. The molecule has 0 atom stereocenters. The summed E-state index contributed by atoms with van der Waals surface area (Å²) >= 11 is 2.64. The summed E-state index contributed by atoms with van der Waals surface area (Å²) < 4.78 is 10.0. The summed E-state index contributed by atoms with van der Waals surface area (Å²) in [4.78, 5) is 37.8. The third-order valence-corrected chi connectivity index (χ3v) is 5.52. The van der Waals surface area contributed by atoms with Gasteiger partial charge in [0.15, 0.2) is 6.61 Å². The van der Waals surface area contributed by atoms with Crippen LogP contribution in [0.15, 0.2) is 41.3 Å². The zero-order valence-corrected chi connectivity index (χ0v) is 16.8. The number of thiophene rings is 1. The first-order chi connectivity index (χ1) is 13.0. The Labute approximate surface area is 166 Å². The second-order valence-electron chi connectivity index (χ2n) is 5.34. The fourth-order valence-electron chi connectivity index (χ4n) is 2.08. The van der Waals surface area contributed by atoms with Gasteiger partial charge in [-0.25, -0.2) is 4.79 Å². The van der Waals surface area contributed by atoms with Crippen LogP contribution in [0.5, 0.6) is 0 Å². The Bertz CT molecular complexity index is 789. The van der Waals surface area contributed by atoms with Crippen LogP contribution in [0.4, 0.5) is 5.00 Å². The molecule has 0 fully saturated rings. The minimum Gasteiger partial charge on any atom is -0.462 e. The van der Waals surface area contributed by atoms with Crippen molar-refractivity contribution in [3.8, 4) is 0 Å². The van der Waals surface area contributed by atoms with Crippen molar-refractivity contribution in [1.82, 2.24) is 0 Å². The Morgan fingerprint density at radius 1 is 1.11 bits per heavy atom. The number of thioether (sulfide) groups is 1. The fourth-order valence-corrected chi connectivity index (χ4v) is 3.80. The number of rotatable bonds is 9. The predicted octanol–water partition coefficient (Wildman–Crippen LogP) is 3.76. The van der Waals surface area contributed by atoms with E-state index in [-0.39, 0.29) is 12.4 Å². The number of carbonyl (C=O) groups excluding carboxylic acids is 3. The van der Waals surface area contributed by atoms with Crippen LogP contribution in [0.1, 0.15) is 29.1 Å². The highest BCUT2D eigenvalue weighted by molar-refractivity contribution is 8.00. The minimum atomic E-state index is -0.497. The zero-order valence-electron chi connectivity index (χ0n) is 15.2. The van der Waals surface area contributed by atoms with Crippen molar-refractivity contribution in [1.29, 1.82) is 0 Å². The van der Waals surface area contributed by atoms with Gasteiger partial charge in [0.25, 0.3) is 5.91 Å². The second-order valence-corrected chi connectivity index (χ2v) is 7.53. The average Bonchev–Trinajstić information content (AvgIpc) is 3.08. The van der Waals surface area contributed by atoms with Gasteiger partial charge in [-0.15, -0.1) is 23.1 Å². The van der Waals surface area contributed by atoms with Crippen LogP contribution in [-0.2, 0) is 25.5 Å². The molecule has 6 nitrogen and oxygen atoms in total. The molecule has 144 valence electrons. The van der Waals surface area contributed by atoms with Gasteiger partial charge in [-0.2, -0.15) is 0 Å². The van der Waals surface area contributed by atoms with Gasteiger partial charge in [-0.05, 0) is 31.5 Å². The van der Waals surface area contributed by atoms with Crippen molar-refractivity contribution in [3.63, 3.8) is 0 Å². The lowest BCUT2D eigenvalue weighted by atomic mass is 10.2. The monoisotopic (exact) mass is 407 g/mol. The van der Waals surface area contributed by atoms with Gasteiger partial charge in [0.1, 0.15) is 5.00 Å². The van der Waals surface area contributed by atoms with Crippen molar-refractivity contribution in [2.75, 3.05) is 24.3 Å². The highest BCUT2D eigenvalue weighted by Gasteiger charge is 2.19. The third kappa shape index (κ3) is 6.73. The quantitative estimate of drug-likeness (QED) is 0.503. The molecule has 0 spiro atoms. The predicted molar refractivity (Wildman–Crippen MR) is 106 cm³/mol. The van der Waals surface area contributed by atoms with Crippen LogP contribution >= 0.6 is 23.1 Å².